The Balaban J connectivity index is 1.94. The summed E-state index contributed by atoms with van der Waals surface area (Å²) in [5, 5.41) is 9.09. The Hall–Kier alpha value is -1.60. The average molecular weight is 313 g/mol. The Morgan fingerprint density at radius 1 is 1.43 bits per heavy atom. The fourth-order valence-electron chi connectivity index (χ4n) is 2.15. The molecule has 0 aliphatic carbocycles. The lowest BCUT2D eigenvalue weighted by Gasteiger charge is -2.26. The van der Waals surface area contributed by atoms with Gasteiger partial charge in [0, 0.05) is 11.9 Å². The van der Waals surface area contributed by atoms with E-state index in [1.807, 2.05) is 0 Å². The van der Waals surface area contributed by atoms with Gasteiger partial charge in [0.1, 0.15) is 11.7 Å². The number of benzene rings is 1. The van der Waals surface area contributed by atoms with Gasteiger partial charge in [-0.25, -0.2) is 4.39 Å². The second kappa shape index (κ2) is 6.91. The number of carbonyl (C=O) groups excluding carboxylic acids is 1. The van der Waals surface area contributed by atoms with Crippen molar-refractivity contribution in [3.05, 3.63) is 30.1 Å². The van der Waals surface area contributed by atoms with Gasteiger partial charge in [0.05, 0.1) is 25.0 Å². The molecule has 1 heterocycles. The first-order chi connectivity index (χ1) is 10.0. The number of likely N-dealkylation sites (N-methyl/N-ethyl adjacent to an activating group) is 1. The number of rotatable bonds is 5. The van der Waals surface area contributed by atoms with Gasteiger partial charge in [-0.05, 0) is 12.1 Å². The van der Waals surface area contributed by atoms with Gasteiger partial charge < -0.3 is 14.7 Å². The summed E-state index contributed by atoms with van der Waals surface area (Å²) in [6.45, 7) is 0.321. The number of halogens is 1. The molecule has 1 aliphatic rings. The van der Waals surface area contributed by atoms with Crippen LogP contribution in [0.5, 0.6) is 0 Å². The maximum absolute atomic E-state index is 13.5. The summed E-state index contributed by atoms with van der Waals surface area (Å²) in [6, 6.07) is 5.75. The van der Waals surface area contributed by atoms with Gasteiger partial charge in [-0.15, -0.1) is 11.8 Å². The number of nitrogens with zero attached hydrogens (tertiary/aromatic N) is 1. The third-order valence-corrected chi connectivity index (χ3v) is 4.48. The fraction of sp³-hybridized carbons (Fsp3) is 0.429. The number of ether oxygens (including phenoxy) is 1. The molecule has 1 amide bonds. The van der Waals surface area contributed by atoms with Crippen LogP contribution in [-0.4, -0.2) is 53.9 Å². The average Bonchev–Trinajstić information content (AvgIpc) is 2.95. The topological polar surface area (TPSA) is 66.8 Å². The van der Waals surface area contributed by atoms with Crippen LogP contribution in [0.25, 0.3) is 0 Å². The molecule has 2 atom stereocenters. The highest BCUT2D eigenvalue weighted by Gasteiger charge is 2.38. The number of amides is 1. The summed E-state index contributed by atoms with van der Waals surface area (Å²) in [5.41, 5.74) is 0. The minimum Gasteiger partial charge on any atom is -0.481 e. The summed E-state index contributed by atoms with van der Waals surface area (Å²) < 4.78 is 18.6. The van der Waals surface area contributed by atoms with Crippen molar-refractivity contribution >= 4 is 23.6 Å². The molecule has 1 saturated heterocycles. The standard InChI is InChI=1S/C14H16FNO4S/c1-16(11-7-20-6-9(11)14(18)19)13(17)8-21-12-5-3-2-4-10(12)15/h2-5,9,11H,6-8H2,1H3,(H,18,19). The smallest absolute Gasteiger partial charge is 0.311 e. The van der Waals surface area contributed by atoms with Crippen LogP contribution in [0.2, 0.25) is 0 Å². The molecule has 114 valence electrons. The molecular weight excluding hydrogens is 297 g/mol. The molecule has 2 unspecified atom stereocenters. The monoisotopic (exact) mass is 313 g/mol. The molecule has 0 saturated carbocycles. The maximum Gasteiger partial charge on any atom is 0.311 e. The number of carbonyl (C=O) groups is 2. The number of carboxylic acid groups (broad SMARTS) is 1. The number of hydrogen-bond acceptors (Lipinski definition) is 4. The van der Waals surface area contributed by atoms with Crippen molar-refractivity contribution < 1.29 is 23.8 Å². The van der Waals surface area contributed by atoms with E-state index < -0.39 is 17.9 Å². The van der Waals surface area contributed by atoms with E-state index in [1.54, 1.807) is 25.2 Å². The molecule has 21 heavy (non-hydrogen) atoms. The Morgan fingerprint density at radius 3 is 2.81 bits per heavy atom. The van der Waals surface area contributed by atoms with Gasteiger partial charge in [-0.2, -0.15) is 0 Å². The Morgan fingerprint density at radius 2 is 2.14 bits per heavy atom. The van der Waals surface area contributed by atoms with E-state index in [-0.39, 0.29) is 30.7 Å². The highest BCUT2D eigenvalue weighted by atomic mass is 32.2. The summed E-state index contributed by atoms with van der Waals surface area (Å²) in [6.07, 6.45) is 0. The normalized spacial score (nSPS) is 21.2. The minimum atomic E-state index is -0.973. The van der Waals surface area contributed by atoms with Crippen LogP contribution in [-0.2, 0) is 14.3 Å². The van der Waals surface area contributed by atoms with Gasteiger partial charge >= 0.3 is 5.97 Å². The Bertz CT molecular complexity index is 539. The lowest BCUT2D eigenvalue weighted by Crippen LogP contribution is -2.44. The molecule has 0 bridgehead atoms. The van der Waals surface area contributed by atoms with Gasteiger partial charge in [0.2, 0.25) is 5.91 Å². The summed E-state index contributed by atoms with van der Waals surface area (Å²) in [5.74, 6) is -2.24. The molecule has 1 fully saturated rings. The zero-order valence-electron chi connectivity index (χ0n) is 11.5. The number of carboxylic acids is 1. The SMILES string of the molecule is CN(C(=O)CSc1ccccc1F)C1COCC1C(=O)O. The summed E-state index contributed by atoms with van der Waals surface area (Å²) >= 11 is 1.10. The van der Waals surface area contributed by atoms with Gasteiger partial charge in [-0.1, -0.05) is 12.1 Å². The third-order valence-electron chi connectivity index (χ3n) is 3.45. The fourth-order valence-corrected chi connectivity index (χ4v) is 3.01. The van der Waals surface area contributed by atoms with Crippen molar-refractivity contribution in [1.29, 1.82) is 0 Å². The molecule has 2 rings (SSSR count). The molecule has 5 nitrogen and oxygen atoms in total. The quantitative estimate of drug-likeness (QED) is 0.834. The van der Waals surface area contributed by atoms with Crippen molar-refractivity contribution in [2.45, 2.75) is 10.9 Å². The largest absolute Gasteiger partial charge is 0.481 e. The predicted molar refractivity (Wildman–Crippen MR) is 75.6 cm³/mol. The highest BCUT2D eigenvalue weighted by molar-refractivity contribution is 8.00. The predicted octanol–water partition coefficient (Wildman–Crippen LogP) is 1.48. The van der Waals surface area contributed by atoms with Crippen LogP contribution in [0.3, 0.4) is 0 Å². The van der Waals surface area contributed by atoms with Crippen molar-refractivity contribution in [2.24, 2.45) is 5.92 Å². The molecule has 1 aromatic carbocycles. The maximum atomic E-state index is 13.5. The van der Waals surface area contributed by atoms with Crippen LogP contribution >= 0.6 is 11.8 Å². The lowest BCUT2D eigenvalue weighted by atomic mass is 10.0. The lowest BCUT2D eigenvalue weighted by molar-refractivity contribution is -0.144. The Kier molecular flexibility index (Phi) is 5.19. The summed E-state index contributed by atoms with van der Waals surface area (Å²) in [7, 11) is 1.56. The van der Waals surface area contributed by atoms with Crippen molar-refractivity contribution in [3.63, 3.8) is 0 Å². The highest BCUT2D eigenvalue weighted by Crippen LogP contribution is 2.23. The van der Waals surface area contributed by atoms with Crippen LogP contribution in [0.1, 0.15) is 0 Å². The molecule has 1 aromatic rings. The van der Waals surface area contributed by atoms with E-state index in [4.69, 9.17) is 9.84 Å². The van der Waals surface area contributed by atoms with E-state index >= 15 is 0 Å². The first kappa shape index (κ1) is 15.8. The zero-order valence-corrected chi connectivity index (χ0v) is 12.3. The molecule has 1 N–H and O–H groups in total. The van der Waals surface area contributed by atoms with Crippen molar-refractivity contribution in [2.75, 3.05) is 26.0 Å². The second-order valence-corrected chi connectivity index (χ2v) is 5.79. The van der Waals surface area contributed by atoms with E-state index in [2.05, 4.69) is 0 Å². The molecule has 1 aliphatic heterocycles. The first-order valence-electron chi connectivity index (χ1n) is 6.44. The molecular formula is C14H16FNO4S. The van der Waals surface area contributed by atoms with E-state index in [1.165, 1.54) is 11.0 Å². The molecule has 0 spiro atoms. The van der Waals surface area contributed by atoms with Crippen LogP contribution in [0.15, 0.2) is 29.2 Å². The zero-order chi connectivity index (χ0) is 15.4. The molecule has 7 heteroatoms. The first-order valence-corrected chi connectivity index (χ1v) is 7.43. The molecule has 0 radical (unpaired) electrons. The minimum absolute atomic E-state index is 0.0558. The second-order valence-electron chi connectivity index (χ2n) is 4.77. The summed E-state index contributed by atoms with van der Waals surface area (Å²) in [4.78, 5) is 25.0. The van der Waals surface area contributed by atoms with Crippen LogP contribution < -0.4 is 0 Å². The number of hydrogen-bond donors (Lipinski definition) is 1. The van der Waals surface area contributed by atoms with Crippen molar-refractivity contribution in [1.82, 2.24) is 4.90 Å². The van der Waals surface area contributed by atoms with E-state index in [0.29, 0.717) is 4.90 Å². The van der Waals surface area contributed by atoms with Gasteiger partial charge in [0.15, 0.2) is 0 Å². The van der Waals surface area contributed by atoms with E-state index in [0.717, 1.165) is 11.8 Å². The van der Waals surface area contributed by atoms with Crippen molar-refractivity contribution in [3.8, 4) is 0 Å². The number of thioether (sulfide) groups is 1. The van der Waals surface area contributed by atoms with Gasteiger partial charge in [-0.3, -0.25) is 9.59 Å². The Labute approximate surface area is 126 Å². The van der Waals surface area contributed by atoms with Gasteiger partial charge in [0.25, 0.3) is 0 Å². The van der Waals surface area contributed by atoms with E-state index in [9.17, 15) is 14.0 Å². The van der Waals surface area contributed by atoms with Crippen LogP contribution in [0, 0.1) is 11.7 Å². The van der Waals surface area contributed by atoms with Crippen LogP contribution in [0.4, 0.5) is 4.39 Å². The molecule has 0 aromatic heterocycles. The number of aliphatic carboxylic acids is 1. The third kappa shape index (κ3) is 3.74.